The summed E-state index contributed by atoms with van der Waals surface area (Å²) in [7, 11) is 0. The topological polar surface area (TPSA) is 20.2 Å². The molecule has 0 radical (unpaired) electrons. The van der Waals surface area contributed by atoms with Crippen molar-refractivity contribution in [1.82, 2.24) is 0 Å². The van der Waals surface area contributed by atoms with Crippen molar-refractivity contribution < 1.29 is 5.11 Å². The molecule has 1 fully saturated rings. The first kappa shape index (κ1) is 9.79. The molecule has 1 nitrogen and oxygen atoms in total. The van der Waals surface area contributed by atoms with Crippen molar-refractivity contribution >= 4 is 0 Å². The van der Waals surface area contributed by atoms with Gasteiger partial charge in [-0.25, -0.2) is 0 Å². The zero-order chi connectivity index (χ0) is 9.03. The van der Waals surface area contributed by atoms with Gasteiger partial charge in [0.05, 0.1) is 5.60 Å². The molecule has 0 unspecified atom stereocenters. The zero-order valence-electron chi connectivity index (χ0n) is 8.21. The van der Waals surface area contributed by atoms with E-state index >= 15 is 0 Å². The van der Waals surface area contributed by atoms with Crippen LogP contribution in [0.2, 0.25) is 0 Å². The van der Waals surface area contributed by atoms with Gasteiger partial charge in [-0.2, -0.15) is 0 Å². The molecule has 1 aliphatic rings. The number of rotatable bonds is 2. The van der Waals surface area contributed by atoms with Gasteiger partial charge in [0.1, 0.15) is 0 Å². The lowest BCUT2D eigenvalue weighted by atomic mass is 9.84. The molecule has 1 heteroatoms. The van der Waals surface area contributed by atoms with Crippen LogP contribution in [0.5, 0.6) is 0 Å². The second-order valence-electron chi connectivity index (χ2n) is 4.27. The Morgan fingerprint density at radius 1 is 1.17 bits per heavy atom. The predicted molar refractivity (Wildman–Crippen MR) is 52.0 cm³/mol. The Labute approximate surface area is 75.5 Å². The van der Waals surface area contributed by atoms with Crippen LogP contribution in [0, 0.1) is 5.92 Å². The molecule has 12 heavy (non-hydrogen) atoms. The molecule has 1 N–H and O–H groups in total. The van der Waals surface area contributed by atoms with Crippen LogP contribution < -0.4 is 0 Å². The molecule has 0 heterocycles. The number of hydrogen-bond donors (Lipinski definition) is 1. The fourth-order valence-corrected chi connectivity index (χ4v) is 1.70. The molecule has 0 aliphatic heterocycles. The fraction of sp³-hybridized carbons (Fsp3) is 0.818. The van der Waals surface area contributed by atoms with E-state index in [0.717, 1.165) is 12.8 Å². The summed E-state index contributed by atoms with van der Waals surface area (Å²) in [6, 6.07) is 0. The molecule has 0 saturated heterocycles. The SMILES string of the molecule is CC(C)/C=C/C1(O)CCCCC1. The molecule has 0 amide bonds. The van der Waals surface area contributed by atoms with Gasteiger partial charge in [0, 0.05) is 0 Å². The third-order valence-corrected chi connectivity index (χ3v) is 2.51. The van der Waals surface area contributed by atoms with E-state index in [-0.39, 0.29) is 0 Å². The highest BCUT2D eigenvalue weighted by Gasteiger charge is 2.25. The molecule has 1 saturated carbocycles. The highest BCUT2D eigenvalue weighted by atomic mass is 16.3. The second-order valence-corrected chi connectivity index (χ2v) is 4.27. The van der Waals surface area contributed by atoms with Crippen molar-refractivity contribution in [2.75, 3.05) is 0 Å². The van der Waals surface area contributed by atoms with Crippen LogP contribution in [-0.4, -0.2) is 10.7 Å². The molecular formula is C11H20O. The van der Waals surface area contributed by atoms with Crippen LogP contribution in [0.4, 0.5) is 0 Å². The largest absolute Gasteiger partial charge is 0.386 e. The quantitative estimate of drug-likeness (QED) is 0.629. The summed E-state index contributed by atoms with van der Waals surface area (Å²) in [5, 5.41) is 10.0. The summed E-state index contributed by atoms with van der Waals surface area (Å²) < 4.78 is 0. The van der Waals surface area contributed by atoms with Gasteiger partial charge in [-0.05, 0) is 18.8 Å². The van der Waals surface area contributed by atoms with Crippen LogP contribution in [0.15, 0.2) is 12.2 Å². The summed E-state index contributed by atoms with van der Waals surface area (Å²) in [5.74, 6) is 0.552. The molecule has 0 aromatic carbocycles. The fourth-order valence-electron chi connectivity index (χ4n) is 1.70. The highest BCUT2D eigenvalue weighted by Crippen LogP contribution is 2.29. The lowest BCUT2D eigenvalue weighted by Gasteiger charge is -2.29. The average molecular weight is 168 g/mol. The van der Waals surface area contributed by atoms with Crippen molar-refractivity contribution in [3.05, 3.63) is 12.2 Å². The van der Waals surface area contributed by atoms with Crippen LogP contribution in [0.1, 0.15) is 46.0 Å². The van der Waals surface area contributed by atoms with Crippen LogP contribution in [-0.2, 0) is 0 Å². The summed E-state index contributed by atoms with van der Waals surface area (Å²) in [4.78, 5) is 0. The predicted octanol–water partition coefficient (Wildman–Crippen LogP) is 2.89. The van der Waals surface area contributed by atoms with E-state index in [9.17, 15) is 5.11 Å². The van der Waals surface area contributed by atoms with Gasteiger partial charge in [0.25, 0.3) is 0 Å². The van der Waals surface area contributed by atoms with Gasteiger partial charge in [-0.3, -0.25) is 0 Å². The maximum absolute atomic E-state index is 10.0. The van der Waals surface area contributed by atoms with E-state index in [2.05, 4.69) is 19.9 Å². The Morgan fingerprint density at radius 3 is 2.25 bits per heavy atom. The first-order chi connectivity index (χ1) is 5.62. The molecule has 0 atom stereocenters. The van der Waals surface area contributed by atoms with Crippen molar-refractivity contribution in [3.63, 3.8) is 0 Å². The number of aliphatic hydroxyl groups is 1. The van der Waals surface area contributed by atoms with E-state index in [1.54, 1.807) is 0 Å². The molecule has 70 valence electrons. The molecule has 1 aliphatic carbocycles. The Bertz CT molecular complexity index is 152. The first-order valence-corrected chi connectivity index (χ1v) is 5.04. The Balaban J connectivity index is 2.46. The molecule has 1 rings (SSSR count). The minimum atomic E-state index is -0.470. The number of allylic oxidation sites excluding steroid dienone is 1. The van der Waals surface area contributed by atoms with Crippen molar-refractivity contribution in [1.29, 1.82) is 0 Å². The number of hydrogen-bond acceptors (Lipinski definition) is 1. The lowest BCUT2D eigenvalue weighted by Crippen LogP contribution is -2.28. The Morgan fingerprint density at radius 2 is 1.75 bits per heavy atom. The maximum atomic E-state index is 10.0. The van der Waals surface area contributed by atoms with Crippen LogP contribution in [0.3, 0.4) is 0 Å². The highest BCUT2D eigenvalue weighted by molar-refractivity contribution is 5.03. The van der Waals surface area contributed by atoms with Crippen molar-refractivity contribution in [2.45, 2.75) is 51.6 Å². The van der Waals surface area contributed by atoms with Crippen LogP contribution in [0.25, 0.3) is 0 Å². The minimum Gasteiger partial charge on any atom is -0.386 e. The smallest absolute Gasteiger partial charge is 0.0827 e. The van der Waals surface area contributed by atoms with Gasteiger partial charge in [0.15, 0.2) is 0 Å². The monoisotopic (exact) mass is 168 g/mol. The maximum Gasteiger partial charge on any atom is 0.0827 e. The van der Waals surface area contributed by atoms with E-state index in [4.69, 9.17) is 0 Å². The molecule has 0 spiro atoms. The minimum absolute atomic E-state index is 0.470. The van der Waals surface area contributed by atoms with E-state index in [0.29, 0.717) is 5.92 Å². The first-order valence-electron chi connectivity index (χ1n) is 5.04. The summed E-state index contributed by atoms with van der Waals surface area (Å²) in [6.45, 7) is 4.28. The normalized spacial score (nSPS) is 23.7. The Kier molecular flexibility index (Phi) is 3.33. The van der Waals surface area contributed by atoms with Crippen molar-refractivity contribution in [3.8, 4) is 0 Å². The third kappa shape index (κ3) is 2.98. The molecular weight excluding hydrogens is 148 g/mol. The lowest BCUT2D eigenvalue weighted by molar-refractivity contribution is 0.0509. The molecule has 0 aromatic rings. The Hall–Kier alpha value is -0.300. The summed E-state index contributed by atoms with van der Waals surface area (Å²) >= 11 is 0. The standard InChI is InChI=1S/C11H20O/c1-10(2)6-9-11(12)7-4-3-5-8-11/h6,9-10,12H,3-5,7-8H2,1-2H3/b9-6+. The molecule has 0 aromatic heterocycles. The zero-order valence-corrected chi connectivity index (χ0v) is 8.21. The summed E-state index contributed by atoms with van der Waals surface area (Å²) in [6.07, 6.45) is 9.68. The van der Waals surface area contributed by atoms with Gasteiger partial charge in [0.2, 0.25) is 0 Å². The third-order valence-electron chi connectivity index (χ3n) is 2.51. The van der Waals surface area contributed by atoms with Crippen LogP contribution >= 0.6 is 0 Å². The van der Waals surface area contributed by atoms with Gasteiger partial charge in [-0.15, -0.1) is 0 Å². The second kappa shape index (κ2) is 4.08. The van der Waals surface area contributed by atoms with E-state index in [1.807, 2.05) is 6.08 Å². The molecule has 0 bridgehead atoms. The van der Waals surface area contributed by atoms with Gasteiger partial charge < -0.3 is 5.11 Å². The van der Waals surface area contributed by atoms with Crippen molar-refractivity contribution in [2.24, 2.45) is 5.92 Å². The summed E-state index contributed by atoms with van der Waals surface area (Å²) in [5.41, 5.74) is -0.470. The van der Waals surface area contributed by atoms with Gasteiger partial charge in [-0.1, -0.05) is 45.3 Å². The van der Waals surface area contributed by atoms with E-state index in [1.165, 1.54) is 19.3 Å². The average Bonchev–Trinajstić information content (AvgIpc) is 2.03. The van der Waals surface area contributed by atoms with Gasteiger partial charge >= 0.3 is 0 Å². The van der Waals surface area contributed by atoms with E-state index < -0.39 is 5.60 Å².